The summed E-state index contributed by atoms with van der Waals surface area (Å²) in [6.45, 7) is 3.07. The Labute approximate surface area is 135 Å². The number of rotatable bonds is 6. The number of nitrogens with zero attached hydrogens (tertiary/aromatic N) is 2. The molecule has 0 unspecified atom stereocenters. The molecule has 3 aromatic rings. The normalized spacial score (nSPS) is 10.9. The average Bonchev–Trinajstić information content (AvgIpc) is 2.92. The molecule has 5 nitrogen and oxygen atoms in total. The number of imidazole rings is 1. The topological polar surface area (TPSA) is 56.5 Å². The SMILES string of the molecule is COc1ccc(OCCn2c(CO)nc3cc(C)ccc32)cc1. The number of aryl methyl sites for hydroxylation is 1. The van der Waals surface area contributed by atoms with Crippen LogP contribution in [0.5, 0.6) is 11.5 Å². The third-order valence-corrected chi connectivity index (χ3v) is 3.77. The van der Waals surface area contributed by atoms with Gasteiger partial charge in [-0.05, 0) is 48.9 Å². The zero-order chi connectivity index (χ0) is 16.2. The van der Waals surface area contributed by atoms with Gasteiger partial charge >= 0.3 is 0 Å². The summed E-state index contributed by atoms with van der Waals surface area (Å²) in [6, 6.07) is 13.6. The Bertz CT molecular complexity index is 794. The third kappa shape index (κ3) is 3.29. The van der Waals surface area contributed by atoms with Gasteiger partial charge in [-0.15, -0.1) is 0 Å². The molecule has 0 saturated heterocycles. The zero-order valence-corrected chi connectivity index (χ0v) is 13.3. The van der Waals surface area contributed by atoms with Crippen LogP contribution in [0.2, 0.25) is 0 Å². The summed E-state index contributed by atoms with van der Waals surface area (Å²) in [6.07, 6.45) is 0. The number of aliphatic hydroxyl groups is 1. The molecule has 0 spiro atoms. The number of aromatic nitrogens is 2. The second kappa shape index (κ2) is 6.71. The molecule has 0 saturated carbocycles. The maximum atomic E-state index is 9.52. The lowest BCUT2D eigenvalue weighted by Crippen LogP contribution is -2.11. The lowest BCUT2D eigenvalue weighted by molar-refractivity contribution is 0.255. The van der Waals surface area contributed by atoms with Gasteiger partial charge in [0.2, 0.25) is 0 Å². The first-order valence-corrected chi connectivity index (χ1v) is 7.55. The Hall–Kier alpha value is -2.53. The maximum Gasteiger partial charge on any atom is 0.135 e. The van der Waals surface area contributed by atoms with Crippen molar-refractivity contribution >= 4 is 11.0 Å². The summed E-state index contributed by atoms with van der Waals surface area (Å²) in [5.41, 5.74) is 3.07. The number of hydrogen-bond donors (Lipinski definition) is 1. The molecule has 0 amide bonds. The number of fused-ring (bicyclic) bond motifs is 1. The van der Waals surface area contributed by atoms with E-state index in [1.165, 1.54) is 0 Å². The highest BCUT2D eigenvalue weighted by Gasteiger charge is 2.10. The van der Waals surface area contributed by atoms with Crippen LogP contribution in [0.3, 0.4) is 0 Å². The van der Waals surface area contributed by atoms with Crippen molar-refractivity contribution in [2.45, 2.75) is 20.1 Å². The highest BCUT2D eigenvalue weighted by atomic mass is 16.5. The highest BCUT2D eigenvalue weighted by Crippen LogP contribution is 2.19. The van der Waals surface area contributed by atoms with Crippen molar-refractivity contribution in [2.75, 3.05) is 13.7 Å². The molecule has 3 rings (SSSR count). The molecule has 0 bridgehead atoms. The van der Waals surface area contributed by atoms with Crippen LogP contribution in [0.1, 0.15) is 11.4 Å². The van der Waals surface area contributed by atoms with Crippen LogP contribution in [-0.2, 0) is 13.2 Å². The lowest BCUT2D eigenvalue weighted by Gasteiger charge is -2.10. The number of benzene rings is 2. The van der Waals surface area contributed by atoms with Crippen molar-refractivity contribution in [3.8, 4) is 11.5 Å². The first-order valence-electron chi connectivity index (χ1n) is 7.55. The van der Waals surface area contributed by atoms with Crippen LogP contribution in [0, 0.1) is 6.92 Å². The van der Waals surface area contributed by atoms with Crippen LogP contribution in [0.25, 0.3) is 11.0 Å². The first kappa shape index (κ1) is 15.4. The quantitative estimate of drug-likeness (QED) is 0.760. The third-order valence-electron chi connectivity index (χ3n) is 3.77. The second-order valence-electron chi connectivity index (χ2n) is 5.35. The van der Waals surface area contributed by atoms with Gasteiger partial charge in [0.15, 0.2) is 0 Å². The van der Waals surface area contributed by atoms with Crippen molar-refractivity contribution < 1.29 is 14.6 Å². The van der Waals surface area contributed by atoms with Gasteiger partial charge in [0, 0.05) is 0 Å². The summed E-state index contributed by atoms with van der Waals surface area (Å²) in [7, 11) is 1.64. The molecule has 23 heavy (non-hydrogen) atoms. The number of hydrogen-bond acceptors (Lipinski definition) is 4. The van der Waals surface area contributed by atoms with Crippen molar-refractivity contribution in [2.24, 2.45) is 0 Å². The van der Waals surface area contributed by atoms with E-state index in [4.69, 9.17) is 9.47 Å². The molecule has 2 aromatic carbocycles. The summed E-state index contributed by atoms with van der Waals surface area (Å²) in [4.78, 5) is 4.48. The molecule has 1 N–H and O–H groups in total. The Morgan fingerprint density at radius 2 is 1.83 bits per heavy atom. The van der Waals surface area contributed by atoms with E-state index in [0.29, 0.717) is 19.0 Å². The molecule has 120 valence electrons. The Morgan fingerprint density at radius 1 is 1.09 bits per heavy atom. The molecule has 1 aromatic heterocycles. The predicted octanol–water partition coefficient (Wildman–Crippen LogP) is 2.92. The standard InChI is InChI=1S/C18H20N2O3/c1-13-3-8-17-16(11-13)19-18(12-21)20(17)9-10-23-15-6-4-14(22-2)5-7-15/h3-8,11,21H,9-10,12H2,1-2H3. The first-order chi connectivity index (χ1) is 11.2. The molecular formula is C18H20N2O3. The van der Waals surface area contributed by atoms with E-state index in [0.717, 1.165) is 28.1 Å². The fraction of sp³-hybridized carbons (Fsp3) is 0.278. The number of ether oxygens (including phenoxy) is 2. The van der Waals surface area contributed by atoms with E-state index in [2.05, 4.69) is 4.98 Å². The van der Waals surface area contributed by atoms with Gasteiger partial charge in [-0.3, -0.25) is 0 Å². The number of methoxy groups -OCH3 is 1. The fourth-order valence-corrected chi connectivity index (χ4v) is 2.59. The number of aliphatic hydroxyl groups excluding tert-OH is 1. The fourth-order valence-electron chi connectivity index (χ4n) is 2.59. The van der Waals surface area contributed by atoms with Gasteiger partial charge in [-0.25, -0.2) is 4.98 Å². The predicted molar refractivity (Wildman–Crippen MR) is 88.9 cm³/mol. The molecule has 0 fully saturated rings. The minimum Gasteiger partial charge on any atom is -0.497 e. The van der Waals surface area contributed by atoms with Crippen LogP contribution in [-0.4, -0.2) is 28.4 Å². The van der Waals surface area contributed by atoms with Crippen molar-refractivity contribution in [3.63, 3.8) is 0 Å². The van der Waals surface area contributed by atoms with Crippen LogP contribution in [0.15, 0.2) is 42.5 Å². The van der Waals surface area contributed by atoms with E-state index < -0.39 is 0 Å². The van der Waals surface area contributed by atoms with E-state index in [9.17, 15) is 5.11 Å². The van der Waals surface area contributed by atoms with Gasteiger partial charge in [0.05, 0.1) is 24.7 Å². The summed E-state index contributed by atoms with van der Waals surface area (Å²) >= 11 is 0. The Balaban J connectivity index is 1.73. The van der Waals surface area contributed by atoms with E-state index in [-0.39, 0.29) is 6.61 Å². The van der Waals surface area contributed by atoms with Crippen LogP contribution in [0.4, 0.5) is 0 Å². The minimum atomic E-state index is -0.0870. The molecule has 1 heterocycles. The molecule has 0 radical (unpaired) electrons. The van der Waals surface area contributed by atoms with E-state index >= 15 is 0 Å². The zero-order valence-electron chi connectivity index (χ0n) is 13.3. The van der Waals surface area contributed by atoms with Gasteiger partial charge in [-0.1, -0.05) is 6.07 Å². The lowest BCUT2D eigenvalue weighted by atomic mass is 10.2. The van der Waals surface area contributed by atoms with Crippen molar-refractivity contribution in [1.29, 1.82) is 0 Å². The molecule has 5 heteroatoms. The van der Waals surface area contributed by atoms with Gasteiger partial charge in [0.25, 0.3) is 0 Å². The van der Waals surface area contributed by atoms with Crippen LogP contribution < -0.4 is 9.47 Å². The Morgan fingerprint density at radius 3 is 2.52 bits per heavy atom. The monoisotopic (exact) mass is 312 g/mol. The van der Waals surface area contributed by atoms with Crippen molar-refractivity contribution in [1.82, 2.24) is 9.55 Å². The summed E-state index contributed by atoms with van der Waals surface area (Å²) in [5, 5.41) is 9.52. The molecule has 0 aliphatic rings. The molecule has 0 aliphatic carbocycles. The van der Waals surface area contributed by atoms with Gasteiger partial charge in [-0.2, -0.15) is 0 Å². The van der Waals surface area contributed by atoms with Crippen molar-refractivity contribution in [3.05, 3.63) is 53.9 Å². The summed E-state index contributed by atoms with van der Waals surface area (Å²) in [5.74, 6) is 2.25. The Kier molecular flexibility index (Phi) is 4.48. The smallest absolute Gasteiger partial charge is 0.135 e. The second-order valence-corrected chi connectivity index (χ2v) is 5.35. The van der Waals surface area contributed by atoms with Gasteiger partial charge in [0.1, 0.15) is 30.5 Å². The van der Waals surface area contributed by atoms with E-state index in [1.807, 2.05) is 54.0 Å². The van der Waals surface area contributed by atoms with Crippen LogP contribution >= 0.6 is 0 Å². The summed E-state index contributed by atoms with van der Waals surface area (Å²) < 4.78 is 12.9. The molecule has 0 aliphatic heterocycles. The molecule has 0 atom stereocenters. The average molecular weight is 312 g/mol. The largest absolute Gasteiger partial charge is 0.497 e. The van der Waals surface area contributed by atoms with Gasteiger partial charge < -0.3 is 19.1 Å². The minimum absolute atomic E-state index is 0.0870. The maximum absolute atomic E-state index is 9.52. The highest BCUT2D eigenvalue weighted by molar-refractivity contribution is 5.76. The molecular weight excluding hydrogens is 292 g/mol. The van der Waals surface area contributed by atoms with E-state index in [1.54, 1.807) is 7.11 Å².